The molecule has 12 heavy (non-hydrogen) atoms. The third-order valence-electron chi connectivity index (χ3n) is 1.14. The summed E-state index contributed by atoms with van der Waals surface area (Å²) < 4.78 is 24.7. The molecule has 0 atom stereocenters. The van der Waals surface area contributed by atoms with Crippen LogP contribution in [0.25, 0.3) is 0 Å². The summed E-state index contributed by atoms with van der Waals surface area (Å²) in [6.45, 7) is 4.06. The third kappa shape index (κ3) is 6.20. The third-order valence-corrected chi connectivity index (χ3v) is 2.89. The molecular formula is C8H15NO2S. The highest BCUT2D eigenvalue weighted by Gasteiger charge is 2.10. The van der Waals surface area contributed by atoms with Crippen molar-refractivity contribution in [3.8, 4) is 12.3 Å². The first-order valence-corrected chi connectivity index (χ1v) is 5.54. The van der Waals surface area contributed by atoms with Crippen LogP contribution >= 0.6 is 0 Å². The Kier molecular flexibility index (Phi) is 4.95. The van der Waals surface area contributed by atoms with Crippen LogP contribution in [-0.2, 0) is 10.0 Å². The maximum absolute atomic E-state index is 11.1. The second-order valence-electron chi connectivity index (χ2n) is 3.02. The number of hydrogen-bond donors (Lipinski definition) is 1. The van der Waals surface area contributed by atoms with Crippen molar-refractivity contribution in [2.75, 3.05) is 12.3 Å². The van der Waals surface area contributed by atoms with E-state index < -0.39 is 10.0 Å². The van der Waals surface area contributed by atoms with Crippen LogP contribution in [0, 0.1) is 18.3 Å². The molecule has 0 saturated heterocycles. The largest absolute Gasteiger partial charge is 0.214 e. The molecule has 0 unspecified atom stereocenters. The van der Waals surface area contributed by atoms with Crippen LogP contribution in [0.4, 0.5) is 0 Å². The first-order chi connectivity index (χ1) is 5.48. The smallest absolute Gasteiger partial charge is 0.211 e. The number of rotatable bonds is 5. The molecule has 3 nitrogen and oxygen atoms in total. The monoisotopic (exact) mass is 189 g/mol. The van der Waals surface area contributed by atoms with Crippen molar-refractivity contribution < 1.29 is 8.42 Å². The van der Waals surface area contributed by atoms with E-state index in [0.29, 0.717) is 13.0 Å². The van der Waals surface area contributed by atoms with Crippen molar-refractivity contribution in [2.24, 2.45) is 5.92 Å². The van der Waals surface area contributed by atoms with E-state index in [9.17, 15) is 8.42 Å². The van der Waals surface area contributed by atoms with Crippen molar-refractivity contribution in [3.63, 3.8) is 0 Å². The van der Waals surface area contributed by atoms with E-state index in [1.165, 1.54) is 0 Å². The fourth-order valence-electron chi connectivity index (χ4n) is 0.776. The van der Waals surface area contributed by atoms with E-state index in [0.717, 1.165) is 0 Å². The van der Waals surface area contributed by atoms with Crippen molar-refractivity contribution in [1.29, 1.82) is 0 Å². The minimum Gasteiger partial charge on any atom is -0.214 e. The predicted molar refractivity (Wildman–Crippen MR) is 50.1 cm³/mol. The molecule has 0 radical (unpaired) electrons. The molecule has 0 aliphatic heterocycles. The summed E-state index contributed by atoms with van der Waals surface area (Å²) in [5.74, 6) is 2.68. The predicted octanol–water partition coefficient (Wildman–Crippen LogP) is 0.585. The maximum atomic E-state index is 11.1. The highest BCUT2D eigenvalue weighted by molar-refractivity contribution is 7.89. The van der Waals surface area contributed by atoms with Crippen molar-refractivity contribution in [2.45, 2.75) is 20.3 Å². The minimum atomic E-state index is -3.10. The average Bonchev–Trinajstić information content (AvgIpc) is 1.84. The molecule has 0 bridgehead atoms. The molecule has 0 rings (SSSR count). The van der Waals surface area contributed by atoms with E-state index in [1.807, 2.05) is 13.8 Å². The molecule has 0 heterocycles. The van der Waals surface area contributed by atoms with Crippen molar-refractivity contribution in [1.82, 2.24) is 4.72 Å². The van der Waals surface area contributed by atoms with Gasteiger partial charge in [-0.15, -0.1) is 12.3 Å². The van der Waals surface area contributed by atoms with Crippen LogP contribution in [-0.4, -0.2) is 20.7 Å². The highest BCUT2D eigenvalue weighted by Crippen LogP contribution is 1.96. The Morgan fingerprint density at radius 3 is 2.50 bits per heavy atom. The van der Waals surface area contributed by atoms with Gasteiger partial charge in [-0.3, -0.25) is 0 Å². The van der Waals surface area contributed by atoms with Gasteiger partial charge in [-0.25, -0.2) is 13.1 Å². The molecule has 0 saturated carbocycles. The molecular weight excluding hydrogens is 174 g/mol. The average molecular weight is 189 g/mol. The Hall–Kier alpha value is -0.530. The zero-order valence-electron chi connectivity index (χ0n) is 7.50. The molecule has 4 heteroatoms. The number of nitrogens with one attached hydrogen (secondary N) is 1. The van der Waals surface area contributed by atoms with E-state index in [2.05, 4.69) is 10.6 Å². The fraction of sp³-hybridized carbons (Fsp3) is 0.750. The summed E-state index contributed by atoms with van der Waals surface area (Å²) in [4.78, 5) is 0. The van der Waals surface area contributed by atoms with Crippen LogP contribution in [0.15, 0.2) is 0 Å². The van der Waals surface area contributed by atoms with Gasteiger partial charge >= 0.3 is 0 Å². The standard InChI is InChI=1S/C8H15NO2S/c1-4-5-6-9-12(10,11)7-8(2)3/h1,8-9H,5-7H2,2-3H3. The molecule has 0 aliphatic carbocycles. The topological polar surface area (TPSA) is 46.2 Å². The molecule has 0 fully saturated rings. The summed E-state index contributed by atoms with van der Waals surface area (Å²) in [6.07, 6.45) is 5.42. The lowest BCUT2D eigenvalue weighted by Gasteiger charge is -2.06. The van der Waals surface area contributed by atoms with Gasteiger partial charge in [0.1, 0.15) is 0 Å². The Morgan fingerprint density at radius 2 is 2.08 bits per heavy atom. The normalized spacial score (nSPS) is 11.5. The lowest BCUT2D eigenvalue weighted by Crippen LogP contribution is -2.29. The number of sulfonamides is 1. The SMILES string of the molecule is C#CCCNS(=O)(=O)CC(C)C. The second kappa shape index (κ2) is 5.18. The fourth-order valence-corrected chi connectivity index (χ4v) is 2.19. The van der Waals surface area contributed by atoms with Gasteiger partial charge in [0.25, 0.3) is 0 Å². The van der Waals surface area contributed by atoms with Crippen LogP contribution in [0.5, 0.6) is 0 Å². The Morgan fingerprint density at radius 1 is 1.50 bits per heavy atom. The van der Waals surface area contributed by atoms with Crippen molar-refractivity contribution >= 4 is 10.0 Å². The molecule has 0 aromatic heterocycles. The summed E-state index contributed by atoms with van der Waals surface area (Å²) in [7, 11) is -3.10. The van der Waals surface area contributed by atoms with Crippen LogP contribution in [0.2, 0.25) is 0 Å². The highest BCUT2D eigenvalue weighted by atomic mass is 32.2. The first-order valence-electron chi connectivity index (χ1n) is 3.88. The van der Waals surface area contributed by atoms with Crippen LogP contribution in [0.1, 0.15) is 20.3 Å². The van der Waals surface area contributed by atoms with E-state index in [1.54, 1.807) is 0 Å². The molecule has 1 N–H and O–H groups in total. The van der Waals surface area contributed by atoms with Crippen LogP contribution in [0.3, 0.4) is 0 Å². The lowest BCUT2D eigenvalue weighted by atomic mass is 10.3. The molecule has 0 aromatic rings. The Bertz CT molecular complexity index is 249. The quantitative estimate of drug-likeness (QED) is 0.508. The zero-order chi connectivity index (χ0) is 9.61. The van der Waals surface area contributed by atoms with Gasteiger partial charge in [0.2, 0.25) is 10.0 Å². The van der Waals surface area contributed by atoms with Crippen LogP contribution < -0.4 is 4.72 Å². The summed E-state index contributed by atoms with van der Waals surface area (Å²) in [6, 6.07) is 0. The van der Waals surface area contributed by atoms with E-state index >= 15 is 0 Å². The van der Waals surface area contributed by atoms with E-state index in [-0.39, 0.29) is 11.7 Å². The Labute approximate surface area is 74.6 Å². The summed E-state index contributed by atoms with van der Waals surface area (Å²) >= 11 is 0. The minimum absolute atomic E-state index is 0.147. The molecule has 0 amide bonds. The van der Waals surface area contributed by atoms with E-state index in [4.69, 9.17) is 6.42 Å². The van der Waals surface area contributed by atoms with Gasteiger partial charge in [-0.1, -0.05) is 13.8 Å². The van der Waals surface area contributed by atoms with Gasteiger partial charge in [0.15, 0.2) is 0 Å². The lowest BCUT2D eigenvalue weighted by molar-refractivity contribution is 0.569. The molecule has 0 spiro atoms. The van der Waals surface area contributed by atoms with Gasteiger partial charge < -0.3 is 0 Å². The van der Waals surface area contributed by atoms with Gasteiger partial charge in [-0.2, -0.15) is 0 Å². The Balaban J connectivity index is 3.83. The van der Waals surface area contributed by atoms with Crippen molar-refractivity contribution in [3.05, 3.63) is 0 Å². The van der Waals surface area contributed by atoms with Gasteiger partial charge in [0, 0.05) is 13.0 Å². The zero-order valence-corrected chi connectivity index (χ0v) is 8.32. The first kappa shape index (κ1) is 11.5. The van der Waals surface area contributed by atoms with Gasteiger partial charge in [-0.05, 0) is 5.92 Å². The molecule has 0 aliphatic rings. The summed E-state index contributed by atoms with van der Waals surface area (Å²) in [5.41, 5.74) is 0. The second-order valence-corrected chi connectivity index (χ2v) is 4.88. The number of terminal acetylenes is 1. The number of hydrogen-bond acceptors (Lipinski definition) is 2. The summed E-state index contributed by atoms with van der Waals surface area (Å²) in [5, 5.41) is 0. The molecule has 0 aromatic carbocycles. The van der Waals surface area contributed by atoms with Gasteiger partial charge in [0.05, 0.1) is 5.75 Å². The maximum Gasteiger partial charge on any atom is 0.211 e. The molecule has 70 valence electrons.